The molecule has 0 unspecified atom stereocenters. The van der Waals surface area contributed by atoms with Crippen LogP contribution in [-0.4, -0.2) is 25.3 Å². The molecule has 0 fully saturated rings. The standard InChI is InChI=1S/C24H18N6O/c1-3-29-14-22(13-27-29)20-10-19(23-21(11-25)12-28-30(23)15-20)9-6-17-4-7-18(8-5-17)16(2)24(26)31/h4-5,7-8,10,12-15H,2-3H2,1H3,(H2,26,31). The van der Waals surface area contributed by atoms with Crippen LogP contribution in [0.3, 0.4) is 0 Å². The minimum absolute atomic E-state index is 0.250. The van der Waals surface area contributed by atoms with Gasteiger partial charge in [-0.25, -0.2) is 4.52 Å². The van der Waals surface area contributed by atoms with Crippen molar-refractivity contribution in [3.63, 3.8) is 0 Å². The third-order valence-electron chi connectivity index (χ3n) is 4.90. The number of benzene rings is 1. The van der Waals surface area contributed by atoms with Crippen molar-refractivity contribution in [2.45, 2.75) is 13.5 Å². The molecule has 0 aliphatic carbocycles. The lowest BCUT2D eigenvalue weighted by Crippen LogP contribution is -2.11. The number of nitrogens with two attached hydrogens (primary N) is 1. The maximum atomic E-state index is 11.3. The summed E-state index contributed by atoms with van der Waals surface area (Å²) in [6.45, 7) is 6.48. The molecule has 1 aromatic carbocycles. The van der Waals surface area contributed by atoms with Crippen LogP contribution in [0, 0.1) is 23.2 Å². The van der Waals surface area contributed by atoms with Gasteiger partial charge in [-0.2, -0.15) is 15.5 Å². The number of carbonyl (C=O) groups is 1. The molecule has 0 saturated heterocycles. The fourth-order valence-electron chi connectivity index (χ4n) is 3.18. The Bertz CT molecular complexity index is 1420. The zero-order valence-electron chi connectivity index (χ0n) is 16.8. The molecule has 31 heavy (non-hydrogen) atoms. The normalized spacial score (nSPS) is 10.3. The molecular weight excluding hydrogens is 388 g/mol. The van der Waals surface area contributed by atoms with Gasteiger partial charge in [0.1, 0.15) is 6.07 Å². The first kappa shape index (κ1) is 19.7. The lowest BCUT2D eigenvalue weighted by Gasteiger charge is -2.04. The number of primary amides is 1. The Kier molecular flexibility index (Phi) is 5.09. The first-order valence-corrected chi connectivity index (χ1v) is 9.55. The van der Waals surface area contributed by atoms with Gasteiger partial charge in [0.15, 0.2) is 0 Å². The highest BCUT2D eigenvalue weighted by Crippen LogP contribution is 2.24. The molecule has 7 nitrogen and oxygen atoms in total. The summed E-state index contributed by atoms with van der Waals surface area (Å²) in [5.74, 6) is 5.72. The summed E-state index contributed by atoms with van der Waals surface area (Å²) in [5.41, 5.74) is 10.6. The summed E-state index contributed by atoms with van der Waals surface area (Å²) >= 11 is 0. The Hall–Kier alpha value is -4.62. The molecular formula is C24H18N6O. The van der Waals surface area contributed by atoms with E-state index in [0.717, 1.165) is 23.2 Å². The predicted molar refractivity (Wildman–Crippen MR) is 117 cm³/mol. The molecule has 1 amide bonds. The molecule has 0 aliphatic rings. The molecule has 2 N–H and O–H groups in total. The monoisotopic (exact) mass is 406 g/mol. The third-order valence-corrected chi connectivity index (χ3v) is 4.90. The van der Waals surface area contributed by atoms with Crippen molar-refractivity contribution >= 4 is 17.0 Å². The van der Waals surface area contributed by atoms with Crippen molar-refractivity contribution in [3.05, 3.63) is 84.0 Å². The largest absolute Gasteiger partial charge is 0.366 e. The highest BCUT2D eigenvalue weighted by Gasteiger charge is 2.12. The Morgan fingerprint density at radius 3 is 2.52 bits per heavy atom. The lowest BCUT2D eigenvalue weighted by molar-refractivity contribution is -0.112. The molecule has 4 aromatic rings. The van der Waals surface area contributed by atoms with Gasteiger partial charge >= 0.3 is 0 Å². The van der Waals surface area contributed by atoms with Gasteiger partial charge in [-0.15, -0.1) is 0 Å². The van der Waals surface area contributed by atoms with Gasteiger partial charge in [-0.05, 0) is 30.7 Å². The average molecular weight is 406 g/mol. The van der Waals surface area contributed by atoms with Gasteiger partial charge in [0.25, 0.3) is 0 Å². The van der Waals surface area contributed by atoms with Crippen LogP contribution in [0.2, 0.25) is 0 Å². The highest BCUT2D eigenvalue weighted by atomic mass is 16.1. The minimum atomic E-state index is -0.561. The van der Waals surface area contributed by atoms with E-state index in [1.54, 1.807) is 35.0 Å². The topological polar surface area (TPSA) is 102 Å². The number of nitriles is 1. The van der Waals surface area contributed by atoms with Crippen LogP contribution < -0.4 is 5.73 Å². The summed E-state index contributed by atoms with van der Waals surface area (Å²) in [4.78, 5) is 11.3. The van der Waals surface area contributed by atoms with E-state index in [2.05, 4.69) is 34.7 Å². The summed E-state index contributed by atoms with van der Waals surface area (Å²) in [6, 6.07) is 11.2. The molecule has 150 valence electrons. The molecule has 0 radical (unpaired) electrons. The SMILES string of the molecule is C=C(C(N)=O)c1ccc(C#Cc2cc(-c3cnn(CC)c3)cn3ncc(C#N)c23)cc1. The van der Waals surface area contributed by atoms with Gasteiger partial charge in [-0.3, -0.25) is 9.48 Å². The van der Waals surface area contributed by atoms with Gasteiger partial charge in [0.2, 0.25) is 5.91 Å². The predicted octanol–water partition coefficient (Wildman–Crippen LogP) is 2.99. The van der Waals surface area contributed by atoms with Crippen LogP contribution >= 0.6 is 0 Å². The van der Waals surface area contributed by atoms with Crippen LogP contribution in [0.15, 0.2) is 61.7 Å². The number of aromatic nitrogens is 4. The number of fused-ring (bicyclic) bond motifs is 1. The molecule has 0 bridgehead atoms. The van der Waals surface area contributed by atoms with E-state index < -0.39 is 5.91 Å². The maximum absolute atomic E-state index is 11.3. The highest BCUT2D eigenvalue weighted by molar-refractivity contribution is 6.17. The van der Waals surface area contributed by atoms with E-state index in [-0.39, 0.29) is 5.57 Å². The first-order chi connectivity index (χ1) is 15.0. The van der Waals surface area contributed by atoms with Crippen LogP contribution in [-0.2, 0) is 11.3 Å². The van der Waals surface area contributed by atoms with E-state index in [1.165, 1.54) is 6.20 Å². The van der Waals surface area contributed by atoms with Crippen LogP contribution in [0.1, 0.15) is 29.2 Å². The van der Waals surface area contributed by atoms with Crippen molar-refractivity contribution < 1.29 is 4.79 Å². The second-order valence-electron chi connectivity index (χ2n) is 6.86. The number of pyridine rings is 1. The second-order valence-corrected chi connectivity index (χ2v) is 6.86. The fourth-order valence-corrected chi connectivity index (χ4v) is 3.18. The summed E-state index contributed by atoms with van der Waals surface area (Å²) in [6.07, 6.45) is 7.14. The van der Waals surface area contributed by atoms with E-state index in [9.17, 15) is 10.1 Å². The van der Waals surface area contributed by atoms with Crippen molar-refractivity contribution in [2.75, 3.05) is 0 Å². The van der Waals surface area contributed by atoms with Gasteiger partial charge < -0.3 is 5.73 Å². The molecule has 0 saturated carbocycles. The molecule has 4 rings (SSSR count). The van der Waals surface area contributed by atoms with Crippen molar-refractivity contribution in [1.29, 1.82) is 5.26 Å². The maximum Gasteiger partial charge on any atom is 0.248 e. The van der Waals surface area contributed by atoms with Crippen molar-refractivity contribution in [3.8, 4) is 29.0 Å². The van der Waals surface area contributed by atoms with Crippen LogP contribution in [0.4, 0.5) is 0 Å². The quantitative estimate of drug-likeness (QED) is 0.416. The number of amides is 1. The Morgan fingerprint density at radius 2 is 1.87 bits per heavy atom. The second kappa shape index (κ2) is 8.02. The van der Waals surface area contributed by atoms with E-state index in [0.29, 0.717) is 22.2 Å². The first-order valence-electron chi connectivity index (χ1n) is 9.55. The number of carbonyl (C=O) groups excluding carboxylic acids is 1. The lowest BCUT2D eigenvalue weighted by atomic mass is 10.0. The fraction of sp³-hybridized carbons (Fsp3) is 0.0833. The molecule has 0 atom stereocenters. The van der Waals surface area contributed by atoms with E-state index in [1.807, 2.05) is 30.1 Å². The number of nitrogens with zero attached hydrogens (tertiary/aromatic N) is 5. The molecule has 0 spiro atoms. The molecule has 0 aliphatic heterocycles. The number of hydrogen-bond donors (Lipinski definition) is 1. The smallest absolute Gasteiger partial charge is 0.248 e. The summed E-state index contributed by atoms with van der Waals surface area (Å²) < 4.78 is 3.51. The zero-order valence-corrected chi connectivity index (χ0v) is 16.8. The van der Waals surface area contributed by atoms with Gasteiger partial charge in [0, 0.05) is 41.2 Å². The molecule has 3 aromatic heterocycles. The zero-order chi connectivity index (χ0) is 22.0. The van der Waals surface area contributed by atoms with Crippen LogP contribution in [0.25, 0.3) is 22.2 Å². The minimum Gasteiger partial charge on any atom is -0.366 e. The molecule has 7 heteroatoms. The third kappa shape index (κ3) is 3.81. The number of rotatable bonds is 4. The molecule has 3 heterocycles. The van der Waals surface area contributed by atoms with Gasteiger partial charge in [0.05, 0.1) is 29.0 Å². The Labute approximate surface area is 179 Å². The summed E-state index contributed by atoms with van der Waals surface area (Å²) in [5, 5.41) is 18.1. The van der Waals surface area contributed by atoms with Crippen molar-refractivity contribution in [1.82, 2.24) is 19.4 Å². The number of aryl methyl sites for hydroxylation is 1. The number of hydrogen-bond acceptors (Lipinski definition) is 4. The Morgan fingerprint density at radius 1 is 1.10 bits per heavy atom. The van der Waals surface area contributed by atoms with Crippen molar-refractivity contribution in [2.24, 2.45) is 5.73 Å². The van der Waals surface area contributed by atoms with Crippen LogP contribution in [0.5, 0.6) is 0 Å². The average Bonchev–Trinajstić information content (AvgIpc) is 3.44. The van der Waals surface area contributed by atoms with Gasteiger partial charge in [-0.1, -0.05) is 30.6 Å². The summed E-state index contributed by atoms with van der Waals surface area (Å²) in [7, 11) is 0. The van der Waals surface area contributed by atoms with E-state index in [4.69, 9.17) is 5.73 Å². The Balaban J connectivity index is 1.78. The van der Waals surface area contributed by atoms with E-state index >= 15 is 0 Å².